The molecule has 1 aromatic carbocycles. The summed E-state index contributed by atoms with van der Waals surface area (Å²) in [5.41, 5.74) is 0.578. The van der Waals surface area contributed by atoms with Crippen molar-refractivity contribution >= 4 is 28.2 Å². The van der Waals surface area contributed by atoms with Crippen molar-refractivity contribution in [1.29, 1.82) is 0 Å². The molecule has 0 spiro atoms. The molecule has 0 bridgehead atoms. The summed E-state index contributed by atoms with van der Waals surface area (Å²) >= 11 is 1.45. The third-order valence-corrected chi connectivity index (χ3v) is 5.63. The Labute approximate surface area is 157 Å². The third kappa shape index (κ3) is 4.88. The van der Waals surface area contributed by atoms with Crippen LogP contribution in [0.1, 0.15) is 66.2 Å². The summed E-state index contributed by atoms with van der Waals surface area (Å²) in [6.45, 7) is 0. The predicted molar refractivity (Wildman–Crippen MR) is 101 cm³/mol. The van der Waals surface area contributed by atoms with E-state index in [1.807, 2.05) is 0 Å². The second-order valence-corrected chi connectivity index (χ2v) is 7.49. The second kappa shape index (κ2) is 8.89. The van der Waals surface area contributed by atoms with Gasteiger partial charge in [-0.1, -0.05) is 30.6 Å². The Morgan fingerprint density at radius 3 is 2.54 bits per heavy atom. The number of Topliss-reactive ketones (excluding diaryl/α,β-unsaturated/α-hetero) is 1. The standard InChI is InChI=1S/C19H23N3O3S/c1-25-15-9-7-13(8-10-15)16(23)11-12-17(24)20-19-22-21-18(26-19)14-5-3-2-4-6-14/h7-10,14H,2-6,11-12H2,1H3,(H,20,22,24). The van der Waals surface area contributed by atoms with Gasteiger partial charge in [0.15, 0.2) is 5.78 Å². The molecule has 2 aromatic rings. The third-order valence-electron chi connectivity index (χ3n) is 4.63. The lowest BCUT2D eigenvalue weighted by molar-refractivity contribution is -0.116. The van der Waals surface area contributed by atoms with Crippen LogP contribution in [0.3, 0.4) is 0 Å². The number of hydrogen-bond acceptors (Lipinski definition) is 6. The van der Waals surface area contributed by atoms with Crippen LogP contribution in [0.25, 0.3) is 0 Å². The highest BCUT2D eigenvalue weighted by atomic mass is 32.1. The number of nitrogens with one attached hydrogen (secondary N) is 1. The molecule has 1 aliphatic carbocycles. The maximum Gasteiger partial charge on any atom is 0.226 e. The predicted octanol–water partition coefficient (Wildman–Crippen LogP) is 4.20. The fourth-order valence-electron chi connectivity index (χ4n) is 3.13. The van der Waals surface area contributed by atoms with Crippen LogP contribution in [0.4, 0.5) is 5.13 Å². The summed E-state index contributed by atoms with van der Waals surface area (Å²) in [6, 6.07) is 6.89. The first-order valence-corrected chi connectivity index (χ1v) is 9.78. The highest BCUT2D eigenvalue weighted by molar-refractivity contribution is 7.15. The van der Waals surface area contributed by atoms with Gasteiger partial charge >= 0.3 is 0 Å². The molecule has 1 aliphatic rings. The van der Waals surface area contributed by atoms with E-state index in [1.54, 1.807) is 31.4 Å². The lowest BCUT2D eigenvalue weighted by Crippen LogP contribution is -2.13. The van der Waals surface area contributed by atoms with Crippen LogP contribution in [0, 0.1) is 0 Å². The number of aromatic nitrogens is 2. The van der Waals surface area contributed by atoms with E-state index < -0.39 is 0 Å². The van der Waals surface area contributed by atoms with Crippen molar-refractivity contribution in [3.63, 3.8) is 0 Å². The van der Waals surface area contributed by atoms with Crippen LogP contribution in [0.2, 0.25) is 0 Å². The van der Waals surface area contributed by atoms with E-state index >= 15 is 0 Å². The van der Waals surface area contributed by atoms with E-state index in [0.717, 1.165) is 17.8 Å². The zero-order chi connectivity index (χ0) is 18.4. The van der Waals surface area contributed by atoms with Crippen molar-refractivity contribution in [2.75, 3.05) is 12.4 Å². The molecule has 0 atom stereocenters. The van der Waals surface area contributed by atoms with Gasteiger partial charge in [0.05, 0.1) is 7.11 Å². The average Bonchev–Trinajstić information content (AvgIpc) is 3.15. The molecule has 6 nitrogen and oxygen atoms in total. The monoisotopic (exact) mass is 373 g/mol. The molecule has 1 fully saturated rings. The molecule has 0 saturated heterocycles. The van der Waals surface area contributed by atoms with Crippen LogP contribution in [-0.2, 0) is 4.79 Å². The Morgan fingerprint density at radius 1 is 1.12 bits per heavy atom. The van der Waals surface area contributed by atoms with E-state index in [0.29, 0.717) is 22.4 Å². The minimum absolute atomic E-state index is 0.0667. The molecule has 138 valence electrons. The molecule has 1 aromatic heterocycles. The van der Waals surface area contributed by atoms with Crippen molar-refractivity contribution in [3.8, 4) is 5.75 Å². The van der Waals surface area contributed by atoms with Gasteiger partial charge < -0.3 is 10.1 Å². The first-order chi connectivity index (χ1) is 12.7. The molecule has 7 heteroatoms. The Morgan fingerprint density at radius 2 is 1.85 bits per heavy atom. The van der Waals surface area contributed by atoms with Gasteiger partial charge in [-0.25, -0.2) is 0 Å². The summed E-state index contributed by atoms with van der Waals surface area (Å²) in [5, 5.41) is 12.6. The number of ketones is 1. The number of anilines is 1. The van der Waals surface area contributed by atoms with Gasteiger partial charge in [0.1, 0.15) is 10.8 Å². The lowest BCUT2D eigenvalue weighted by Gasteiger charge is -2.18. The summed E-state index contributed by atoms with van der Waals surface area (Å²) in [6.07, 6.45) is 6.35. The molecule has 1 saturated carbocycles. The number of ether oxygens (including phenoxy) is 1. The Hall–Kier alpha value is -2.28. The van der Waals surface area contributed by atoms with Crippen molar-refractivity contribution in [3.05, 3.63) is 34.8 Å². The zero-order valence-electron chi connectivity index (χ0n) is 14.9. The minimum atomic E-state index is -0.210. The van der Waals surface area contributed by atoms with Crippen LogP contribution in [0.15, 0.2) is 24.3 Å². The number of methoxy groups -OCH3 is 1. The van der Waals surface area contributed by atoms with Crippen molar-refractivity contribution in [1.82, 2.24) is 10.2 Å². The second-order valence-electron chi connectivity index (χ2n) is 6.48. The number of amides is 1. The fourth-order valence-corrected chi connectivity index (χ4v) is 4.06. The van der Waals surface area contributed by atoms with Gasteiger partial charge in [0.25, 0.3) is 0 Å². The van der Waals surface area contributed by atoms with Gasteiger partial charge in [-0.05, 0) is 37.1 Å². The molecule has 0 radical (unpaired) electrons. The maximum atomic E-state index is 12.2. The van der Waals surface area contributed by atoms with Gasteiger partial charge in [0, 0.05) is 24.3 Å². The molecule has 3 rings (SSSR count). The van der Waals surface area contributed by atoms with Gasteiger partial charge in [-0.15, -0.1) is 10.2 Å². The lowest BCUT2D eigenvalue weighted by atomic mass is 9.90. The van der Waals surface area contributed by atoms with Crippen molar-refractivity contribution < 1.29 is 14.3 Å². The number of carbonyl (C=O) groups is 2. The number of carbonyl (C=O) groups excluding carboxylic acids is 2. The largest absolute Gasteiger partial charge is 0.497 e. The molecular weight excluding hydrogens is 350 g/mol. The summed E-state index contributed by atoms with van der Waals surface area (Å²) in [5.74, 6) is 0.897. The summed E-state index contributed by atoms with van der Waals surface area (Å²) in [7, 11) is 1.58. The van der Waals surface area contributed by atoms with E-state index in [2.05, 4.69) is 15.5 Å². The normalized spacial score (nSPS) is 14.8. The van der Waals surface area contributed by atoms with Crippen LogP contribution in [0.5, 0.6) is 5.75 Å². The van der Waals surface area contributed by atoms with Crippen LogP contribution in [-0.4, -0.2) is 29.0 Å². The number of nitrogens with zero attached hydrogens (tertiary/aromatic N) is 2. The summed E-state index contributed by atoms with van der Waals surface area (Å²) < 4.78 is 5.07. The SMILES string of the molecule is COc1ccc(C(=O)CCC(=O)Nc2nnc(C3CCCCC3)s2)cc1. The first-order valence-electron chi connectivity index (χ1n) is 8.96. The van der Waals surface area contributed by atoms with Crippen molar-refractivity contribution in [2.45, 2.75) is 50.9 Å². The molecule has 1 amide bonds. The Balaban J connectivity index is 1.47. The van der Waals surface area contributed by atoms with E-state index in [-0.39, 0.29) is 24.5 Å². The summed E-state index contributed by atoms with van der Waals surface area (Å²) in [4.78, 5) is 24.3. The van der Waals surface area contributed by atoms with Gasteiger partial charge in [0.2, 0.25) is 11.0 Å². The van der Waals surface area contributed by atoms with E-state index in [4.69, 9.17) is 4.74 Å². The maximum absolute atomic E-state index is 12.2. The first kappa shape index (κ1) is 18.5. The van der Waals surface area contributed by atoms with E-state index in [1.165, 1.54) is 30.6 Å². The number of hydrogen-bond donors (Lipinski definition) is 1. The number of benzene rings is 1. The number of rotatable bonds is 7. The smallest absolute Gasteiger partial charge is 0.226 e. The Bertz CT molecular complexity index is 752. The molecule has 1 N–H and O–H groups in total. The average molecular weight is 373 g/mol. The molecule has 0 unspecified atom stereocenters. The van der Waals surface area contributed by atoms with Crippen LogP contribution < -0.4 is 10.1 Å². The zero-order valence-corrected chi connectivity index (χ0v) is 15.7. The van der Waals surface area contributed by atoms with E-state index in [9.17, 15) is 9.59 Å². The van der Waals surface area contributed by atoms with Gasteiger partial charge in [-0.2, -0.15) is 0 Å². The minimum Gasteiger partial charge on any atom is -0.497 e. The molecule has 0 aliphatic heterocycles. The fraction of sp³-hybridized carbons (Fsp3) is 0.474. The highest BCUT2D eigenvalue weighted by Gasteiger charge is 2.20. The quantitative estimate of drug-likeness (QED) is 0.736. The van der Waals surface area contributed by atoms with Crippen molar-refractivity contribution in [2.24, 2.45) is 0 Å². The highest BCUT2D eigenvalue weighted by Crippen LogP contribution is 2.35. The molecule has 26 heavy (non-hydrogen) atoms. The molecular formula is C19H23N3O3S. The Kier molecular flexibility index (Phi) is 6.33. The van der Waals surface area contributed by atoms with Gasteiger partial charge in [-0.3, -0.25) is 9.59 Å². The molecule has 1 heterocycles. The van der Waals surface area contributed by atoms with Crippen LogP contribution >= 0.6 is 11.3 Å². The topological polar surface area (TPSA) is 81.2 Å².